The van der Waals surface area contributed by atoms with E-state index in [4.69, 9.17) is 4.74 Å². The van der Waals surface area contributed by atoms with Gasteiger partial charge in [0.05, 0.1) is 41.4 Å². The molecule has 4 fully saturated rings. The summed E-state index contributed by atoms with van der Waals surface area (Å²) in [5.74, 6) is -2.60. The predicted molar refractivity (Wildman–Crippen MR) is 263 cm³/mol. The average Bonchev–Trinajstić information content (AvgIpc) is 3.81. The number of hydrogen-bond acceptors (Lipinski definition) is 13. The van der Waals surface area contributed by atoms with Crippen LogP contribution in [-0.2, 0) is 33.5 Å². The molecule has 18 heteroatoms. The molecule has 2 aromatic carbocycles. The number of amides is 2. The summed E-state index contributed by atoms with van der Waals surface area (Å²) in [4.78, 5) is 86.0. The van der Waals surface area contributed by atoms with Crippen molar-refractivity contribution in [2.24, 2.45) is 46.3 Å². The third-order valence-electron chi connectivity index (χ3n) is 16.2. The van der Waals surface area contributed by atoms with Crippen LogP contribution in [0.3, 0.4) is 0 Å². The maximum atomic E-state index is 13.8. The zero-order valence-corrected chi connectivity index (χ0v) is 41.5. The summed E-state index contributed by atoms with van der Waals surface area (Å²) in [6.45, 7) is 3.36. The van der Waals surface area contributed by atoms with Gasteiger partial charge in [0, 0.05) is 63.0 Å². The van der Waals surface area contributed by atoms with E-state index in [9.17, 15) is 33.9 Å². The molecule has 4 heterocycles. The van der Waals surface area contributed by atoms with Crippen molar-refractivity contribution in [2.75, 3.05) is 33.8 Å². The van der Waals surface area contributed by atoms with Crippen molar-refractivity contribution in [3.8, 4) is 22.8 Å². The number of carbonyl (C=O) groups is 6. The zero-order chi connectivity index (χ0) is 50.6. The molecule has 0 bridgehead atoms. The van der Waals surface area contributed by atoms with Crippen LogP contribution >= 0.6 is 0 Å². The van der Waals surface area contributed by atoms with Crippen molar-refractivity contribution in [2.45, 2.75) is 109 Å². The Labute approximate surface area is 419 Å². The summed E-state index contributed by atoms with van der Waals surface area (Å²) in [6.07, 6.45) is 16.5. The molecule has 10 rings (SSSR count). The first kappa shape index (κ1) is 50.2. The molecule has 2 aromatic heterocycles. The van der Waals surface area contributed by atoms with E-state index >= 15 is 0 Å². The lowest BCUT2D eigenvalue weighted by atomic mass is 9.84. The molecule has 4 aromatic rings. The number of rotatable bonds is 7. The minimum absolute atomic E-state index is 0.0119. The summed E-state index contributed by atoms with van der Waals surface area (Å²) in [7, 11) is 3.60. The normalized spacial score (nSPS) is 31.8. The molecule has 0 saturated heterocycles. The Balaban J connectivity index is 0.000000178. The van der Waals surface area contributed by atoms with Crippen LogP contribution in [-0.4, -0.2) is 124 Å². The summed E-state index contributed by atoms with van der Waals surface area (Å²) >= 11 is 0. The molecule has 18 nitrogen and oxygen atoms in total. The highest BCUT2D eigenvalue weighted by atomic mass is 16.5. The van der Waals surface area contributed by atoms with Gasteiger partial charge in [-0.2, -0.15) is 9.59 Å². The van der Waals surface area contributed by atoms with E-state index in [1.807, 2.05) is 79.9 Å². The number of carboxylic acids is 1. The van der Waals surface area contributed by atoms with Crippen molar-refractivity contribution in [1.82, 2.24) is 50.2 Å². The van der Waals surface area contributed by atoms with Crippen molar-refractivity contribution in [3.05, 3.63) is 85.0 Å². The van der Waals surface area contributed by atoms with Gasteiger partial charge in [-0.15, -0.1) is 20.4 Å². The molecule has 2 amide bonds. The number of nitrogens with zero attached hydrogens (tertiary/aromatic N) is 10. The van der Waals surface area contributed by atoms with E-state index in [1.165, 1.54) is 4.80 Å². The van der Waals surface area contributed by atoms with Gasteiger partial charge in [0.2, 0.25) is 23.5 Å². The number of Topliss-reactive ketones (excluding diaryl/α,β-unsaturated/α-hetero) is 2. The number of aromatic nitrogens is 8. The number of allylic oxidation sites excluding steroid dienone is 4. The SMILES string of the molecule is CCOC(=O)[C@]12CC(=O)[C@@H]3C[C@@H](n4nnc(-c5ccccc5)n4)C[C@H]3C(=O)N(C)CCCC/C=C\[C@@H]1C2.CN1CCCC/C=C\[C@@H]2C[C@@]2(C(=O)O)CC(=O)[C@@H]2C[C@@H](n3nnc(-c4ccccc4)n3)C[C@H]2C1=O. The molecule has 2 aliphatic heterocycles. The number of hydrogen-bond donors (Lipinski definition) is 1. The van der Waals surface area contributed by atoms with E-state index in [2.05, 4.69) is 43.0 Å². The number of carboxylic acid groups (broad SMARTS) is 1. The largest absolute Gasteiger partial charge is 0.481 e. The lowest BCUT2D eigenvalue weighted by Crippen LogP contribution is -2.38. The van der Waals surface area contributed by atoms with Gasteiger partial charge in [-0.1, -0.05) is 85.0 Å². The van der Waals surface area contributed by atoms with Crippen molar-refractivity contribution < 1.29 is 38.6 Å². The molecule has 4 saturated carbocycles. The molecule has 6 aliphatic rings. The van der Waals surface area contributed by atoms with Crippen LogP contribution in [0, 0.1) is 46.3 Å². The van der Waals surface area contributed by atoms with Crippen molar-refractivity contribution >= 4 is 35.3 Å². The minimum atomic E-state index is -1.04. The van der Waals surface area contributed by atoms with Crippen molar-refractivity contribution in [3.63, 3.8) is 0 Å². The van der Waals surface area contributed by atoms with Gasteiger partial charge < -0.3 is 19.6 Å². The number of aliphatic carboxylic acids is 1. The second kappa shape index (κ2) is 21.6. The molecule has 72 heavy (non-hydrogen) atoms. The molecule has 10 atom stereocenters. The van der Waals surface area contributed by atoms with Gasteiger partial charge in [-0.25, -0.2) is 0 Å². The zero-order valence-electron chi connectivity index (χ0n) is 41.5. The molecule has 1 N–H and O–H groups in total. The molecular formula is C54H66N10O8. The fourth-order valence-electron chi connectivity index (χ4n) is 11.7. The fraction of sp³-hybridized carbons (Fsp3) is 0.556. The quantitative estimate of drug-likeness (QED) is 0.149. The van der Waals surface area contributed by atoms with E-state index in [0.717, 1.165) is 49.7 Å². The number of ketones is 2. The molecular weight excluding hydrogens is 917 g/mol. The number of carbonyl (C=O) groups excluding carboxylic acids is 5. The third-order valence-corrected chi connectivity index (χ3v) is 16.2. The second-order valence-corrected chi connectivity index (χ2v) is 20.9. The maximum absolute atomic E-state index is 13.8. The highest BCUT2D eigenvalue weighted by Gasteiger charge is 2.63. The number of ether oxygens (including phenoxy) is 1. The molecule has 0 radical (unpaired) electrons. The Kier molecular flexibility index (Phi) is 15.0. The molecule has 0 unspecified atom stereocenters. The standard InChI is InChI=1S/C28H35N5O4.C26H31N5O4/c1-3-37-27(36)28-17-20(28)13-9-4-5-10-14-32(2)26(35)23-16-21(15-22(23)24(34)18-28)33-30-25(29-31-33)19-11-7-6-8-12-19;1-30-12-8-3-2-7-11-18-15-26(18,25(34)35)16-22(32)20-13-19(14-21(20)24(30)33)31-28-23(27-29-31)17-9-5-4-6-10-17/h6-9,11-13,20-23H,3-5,10,14-18H2,1-2H3;4-7,9-11,18-21H,2-3,8,12-16H2,1H3,(H,34,35)/b13-9-;11-7-/t20-,21-,22-,23-,28-;18-,19-,20-,21-,26-/m11/s1. The van der Waals surface area contributed by atoms with Crippen LogP contribution in [0.5, 0.6) is 0 Å². The molecule has 4 aliphatic carbocycles. The van der Waals surface area contributed by atoms with Crippen LogP contribution < -0.4 is 0 Å². The lowest BCUT2D eigenvalue weighted by Gasteiger charge is -2.25. The average molecular weight is 983 g/mol. The molecule has 380 valence electrons. The monoisotopic (exact) mass is 983 g/mol. The predicted octanol–water partition coefficient (Wildman–Crippen LogP) is 6.79. The summed E-state index contributed by atoms with van der Waals surface area (Å²) in [5, 5.41) is 36.0. The van der Waals surface area contributed by atoms with Gasteiger partial charge in [-0.05, 0) is 106 Å². The van der Waals surface area contributed by atoms with E-state index in [0.29, 0.717) is 63.3 Å². The lowest BCUT2D eigenvalue weighted by molar-refractivity contribution is -0.152. The van der Waals surface area contributed by atoms with Crippen LogP contribution in [0.25, 0.3) is 22.8 Å². The van der Waals surface area contributed by atoms with E-state index in [-0.39, 0.29) is 72.7 Å². The number of fused-ring (bicyclic) bond motifs is 4. The van der Waals surface area contributed by atoms with E-state index in [1.54, 1.807) is 28.6 Å². The topological polar surface area (TPSA) is 226 Å². The summed E-state index contributed by atoms with van der Waals surface area (Å²) in [6, 6.07) is 18.7. The Bertz CT molecular complexity index is 2690. The Hall–Kier alpha value is -6.72. The van der Waals surface area contributed by atoms with Gasteiger partial charge in [0.15, 0.2) is 0 Å². The first-order valence-electron chi connectivity index (χ1n) is 25.8. The summed E-state index contributed by atoms with van der Waals surface area (Å²) < 4.78 is 5.40. The highest BCUT2D eigenvalue weighted by Crippen LogP contribution is 2.59. The number of benzene rings is 2. The van der Waals surface area contributed by atoms with Gasteiger partial charge >= 0.3 is 11.9 Å². The Morgan fingerprint density at radius 2 is 1.06 bits per heavy atom. The first-order valence-corrected chi connectivity index (χ1v) is 25.8. The molecule has 0 spiro atoms. The van der Waals surface area contributed by atoms with Gasteiger partial charge in [0.25, 0.3) is 0 Å². The Morgan fingerprint density at radius 3 is 1.51 bits per heavy atom. The number of tetrazole rings is 2. The fourth-order valence-corrected chi connectivity index (χ4v) is 11.7. The van der Waals surface area contributed by atoms with Gasteiger partial charge in [-0.3, -0.25) is 28.8 Å². The van der Waals surface area contributed by atoms with Crippen LogP contribution in [0.15, 0.2) is 85.0 Å². The van der Waals surface area contributed by atoms with Crippen molar-refractivity contribution in [1.29, 1.82) is 0 Å². The minimum Gasteiger partial charge on any atom is -0.481 e. The van der Waals surface area contributed by atoms with Crippen LogP contribution in [0.1, 0.15) is 109 Å². The van der Waals surface area contributed by atoms with Crippen LogP contribution in [0.4, 0.5) is 0 Å². The maximum Gasteiger partial charge on any atom is 0.313 e. The summed E-state index contributed by atoms with van der Waals surface area (Å²) in [5.41, 5.74) is -0.140. The third kappa shape index (κ3) is 10.6. The van der Waals surface area contributed by atoms with Crippen LogP contribution in [0.2, 0.25) is 0 Å². The van der Waals surface area contributed by atoms with Gasteiger partial charge in [0.1, 0.15) is 11.6 Å². The first-order chi connectivity index (χ1) is 34.8. The van der Waals surface area contributed by atoms with E-state index < -0.39 is 40.5 Å². The highest BCUT2D eigenvalue weighted by molar-refractivity contribution is 5.95. The Morgan fingerprint density at radius 1 is 0.625 bits per heavy atom. The number of esters is 1. The smallest absolute Gasteiger partial charge is 0.313 e. The second-order valence-electron chi connectivity index (χ2n) is 20.9.